The summed E-state index contributed by atoms with van der Waals surface area (Å²) in [5.74, 6) is -0.0496. The molecule has 0 saturated carbocycles. The summed E-state index contributed by atoms with van der Waals surface area (Å²) in [6, 6.07) is 7.63. The lowest BCUT2D eigenvalue weighted by molar-refractivity contribution is -0.129. The minimum Gasteiger partial charge on any atom is -0.444 e. The number of nitrogens with zero attached hydrogens (tertiary/aromatic N) is 1. The van der Waals surface area contributed by atoms with Gasteiger partial charge in [-0.25, -0.2) is 4.79 Å². The molecule has 0 aliphatic carbocycles. The van der Waals surface area contributed by atoms with Gasteiger partial charge in [-0.1, -0.05) is 29.8 Å². The summed E-state index contributed by atoms with van der Waals surface area (Å²) in [7, 11) is 0. The van der Waals surface area contributed by atoms with Gasteiger partial charge in [-0.15, -0.1) is 0 Å². The molecule has 1 aliphatic rings. The first-order chi connectivity index (χ1) is 10.2. The first kappa shape index (κ1) is 16.3. The highest BCUT2D eigenvalue weighted by atomic mass is 16.6. The predicted molar refractivity (Wildman–Crippen MR) is 84.4 cm³/mol. The van der Waals surface area contributed by atoms with Crippen molar-refractivity contribution in [3.05, 3.63) is 35.4 Å². The van der Waals surface area contributed by atoms with E-state index in [2.05, 4.69) is 5.32 Å². The summed E-state index contributed by atoms with van der Waals surface area (Å²) >= 11 is 0. The molecular weight excluding hydrogens is 280 g/mol. The van der Waals surface area contributed by atoms with E-state index in [0.29, 0.717) is 19.5 Å². The molecule has 120 valence electrons. The molecule has 0 radical (unpaired) electrons. The molecule has 1 aliphatic heterocycles. The van der Waals surface area contributed by atoms with Crippen molar-refractivity contribution in [2.45, 2.75) is 52.3 Å². The van der Waals surface area contributed by atoms with Gasteiger partial charge in [-0.3, -0.25) is 4.79 Å². The van der Waals surface area contributed by atoms with Gasteiger partial charge in [0, 0.05) is 13.1 Å². The lowest BCUT2D eigenvalue weighted by atomic mass is 10.1. The van der Waals surface area contributed by atoms with Crippen LogP contribution in [0.2, 0.25) is 0 Å². The van der Waals surface area contributed by atoms with Gasteiger partial charge >= 0.3 is 6.09 Å². The molecule has 2 amide bonds. The van der Waals surface area contributed by atoms with E-state index in [9.17, 15) is 9.59 Å². The minimum atomic E-state index is -0.562. The molecule has 0 spiro atoms. The van der Waals surface area contributed by atoms with E-state index in [1.807, 2.05) is 31.2 Å². The van der Waals surface area contributed by atoms with Gasteiger partial charge in [0.25, 0.3) is 0 Å². The number of hydrogen-bond acceptors (Lipinski definition) is 3. The summed E-state index contributed by atoms with van der Waals surface area (Å²) in [6.45, 7) is 8.65. The Labute approximate surface area is 131 Å². The van der Waals surface area contributed by atoms with Gasteiger partial charge in [-0.05, 0) is 39.7 Å². The number of likely N-dealkylation sites (tertiary alicyclic amines) is 1. The molecule has 1 unspecified atom stereocenters. The summed E-state index contributed by atoms with van der Waals surface area (Å²) in [5, 5.41) is 2.66. The normalized spacial score (nSPS) is 18.5. The molecule has 1 fully saturated rings. The van der Waals surface area contributed by atoms with Crippen LogP contribution in [0.1, 0.15) is 38.3 Å². The standard InChI is InChI=1S/C17H24N2O3/c1-12-5-7-13(8-6-12)11-19-10-9-14(15(19)20)18-16(21)22-17(2,3)4/h5-8,14H,9-11H2,1-4H3,(H,18,21). The molecule has 5 heteroatoms. The maximum absolute atomic E-state index is 12.3. The average Bonchev–Trinajstić information content (AvgIpc) is 2.72. The van der Waals surface area contributed by atoms with Crippen molar-refractivity contribution in [3.63, 3.8) is 0 Å². The molecule has 22 heavy (non-hydrogen) atoms. The first-order valence-corrected chi connectivity index (χ1v) is 7.58. The van der Waals surface area contributed by atoms with E-state index in [4.69, 9.17) is 4.74 Å². The van der Waals surface area contributed by atoms with E-state index >= 15 is 0 Å². The Bertz CT molecular complexity index is 546. The fourth-order valence-electron chi connectivity index (χ4n) is 2.39. The third-order valence-corrected chi connectivity index (χ3v) is 3.48. The Balaban J connectivity index is 1.89. The molecular formula is C17H24N2O3. The molecule has 1 N–H and O–H groups in total. The number of rotatable bonds is 3. The zero-order valence-electron chi connectivity index (χ0n) is 13.7. The van der Waals surface area contributed by atoms with Gasteiger partial charge in [0.2, 0.25) is 5.91 Å². The molecule has 1 aromatic rings. The van der Waals surface area contributed by atoms with Gasteiger partial charge in [0.15, 0.2) is 0 Å². The second-order valence-corrected chi connectivity index (χ2v) is 6.73. The minimum absolute atomic E-state index is 0.0496. The first-order valence-electron chi connectivity index (χ1n) is 7.58. The SMILES string of the molecule is Cc1ccc(CN2CCC(NC(=O)OC(C)(C)C)C2=O)cc1. The van der Waals surface area contributed by atoms with E-state index < -0.39 is 17.7 Å². The zero-order valence-corrected chi connectivity index (χ0v) is 13.7. The lowest BCUT2D eigenvalue weighted by Crippen LogP contribution is -2.43. The van der Waals surface area contributed by atoms with Crippen LogP contribution < -0.4 is 5.32 Å². The third-order valence-electron chi connectivity index (χ3n) is 3.48. The summed E-state index contributed by atoms with van der Waals surface area (Å²) < 4.78 is 5.19. The number of carbonyl (C=O) groups is 2. The molecule has 5 nitrogen and oxygen atoms in total. The van der Waals surface area contributed by atoms with Crippen molar-refractivity contribution in [2.75, 3.05) is 6.54 Å². The second kappa shape index (κ2) is 6.38. The van der Waals surface area contributed by atoms with Crippen molar-refractivity contribution >= 4 is 12.0 Å². The molecule has 0 bridgehead atoms. The highest BCUT2D eigenvalue weighted by Crippen LogP contribution is 2.16. The van der Waals surface area contributed by atoms with Crippen LogP contribution in [0.25, 0.3) is 0 Å². The van der Waals surface area contributed by atoms with Crippen molar-refractivity contribution in [3.8, 4) is 0 Å². The Morgan fingerprint density at radius 1 is 1.32 bits per heavy atom. The van der Waals surface area contributed by atoms with E-state index in [1.54, 1.807) is 25.7 Å². The Kier molecular flexibility index (Phi) is 4.74. The van der Waals surface area contributed by atoms with E-state index in [1.165, 1.54) is 5.56 Å². The van der Waals surface area contributed by atoms with Crippen LogP contribution in [-0.4, -0.2) is 35.1 Å². The number of carbonyl (C=O) groups excluding carboxylic acids is 2. The highest BCUT2D eigenvalue weighted by molar-refractivity contribution is 5.87. The van der Waals surface area contributed by atoms with E-state index in [0.717, 1.165) is 5.56 Å². The summed E-state index contributed by atoms with van der Waals surface area (Å²) in [5.41, 5.74) is 1.73. The number of benzene rings is 1. The van der Waals surface area contributed by atoms with Crippen LogP contribution in [-0.2, 0) is 16.1 Å². The number of alkyl carbamates (subject to hydrolysis) is 1. The largest absolute Gasteiger partial charge is 0.444 e. The topological polar surface area (TPSA) is 58.6 Å². The number of amides is 2. The highest BCUT2D eigenvalue weighted by Gasteiger charge is 2.33. The Morgan fingerprint density at radius 2 is 1.95 bits per heavy atom. The summed E-state index contributed by atoms with van der Waals surface area (Å²) in [6.07, 6.45) is 0.0762. The van der Waals surface area contributed by atoms with Crippen LogP contribution in [0.3, 0.4) is 0 Å². The fraction of sp³-hybridized carbons (Fsp3) is 0.529. The Morgan fingerprint density at radius 3 is 2.55 bits per heavy atom. The fourth-order valence-corrected chi connectivity index (χ4v) is 2.39. The van der Waals surface area contributed by atoms with Crippen LogP contribution in [0, 0.1) is 6.92 Å². The van der Waals surface area contributed by atoms with Crippen molar-refractivity contribution < 1.29 is 14.3 Å². The van der Waals surface area contributed by atoms with Crippen LogP contribution in [0.4, 0.5) is 4.79 Å². The summed E-state index contributed by atoms with van der Waals surface area (Å²) in [4.78, 5) is 25.9. The van der Waals surface area contributed by atoms with Gasteiger partial charge in [0.1, 0.15) is 11.6 Å². The van der Waals surface area contributed by atoms with E-state index in [-0.39, 0.29) is 5.91 Å². The Hall–Kier alpha value is -2.04. The van der Waals surface area contributed by atoms with Crippen molar-refractivity contribution in [1.29, 1.82) is 0 Å². The lowest BCUT2D eigenvalue weighted by Gasteiger charge is -2.21. The van der Waals surface area contributed by atoms with Crippen LogP contribution in [0.15, 0.2) is 24.3 Å². The molecule has 0 aromatic heterocycles. The maximum atomic E-state index is 12.3. The van der Waals surface area contributed by atoms with Gasteiger partial charge in [-0.2, -0.15) is 0 Å². The third kappa shape index (κ3) is 4.48. The van der Waals surface area contributed by atoms with Crippen LogP contribution >= 0.6 is 0 Å². The predicted octanol–water partition coefficient (Wildman–Crippen LogP) is 2.62. The van der Waals surface area contributed by atoms with Crippen molar-refractivity contribution in [2.24, 2.45) is 0 Å². The molecule has 1 saturated heterocycles. The zero-order chi connectivity index (χ0) is 16.3. The quantitative estimate of drug-likeness (QED) is 0.934. The molecule has 1 atom stereocenters. The van der Waals surface area contributed by atoms with Gasteiger partial charge in [0.05, 0.1) is 0 Å². The molecule has 1 aromatic carbocycles. The number of hydrogen-bond donors (Lipinski definition) is 1. The average molecular weight is 304 g/mol. The smallest absolute Gasteiger partial charge is 0.408 e. The van der Waals surface area contributed by atoms with Gasteiger partial charge < -0.3 is 15.0 Å². The molecule has 2 rings (SSSR count). The number of nitrogens with one attached hydrogen (secondary N) is 1. The van der Waals surface area contributed by atoms with Crippen molar-refractivity contribution in [1.82, 2.24) is 10.2 Å². The number of ether oxygens (including phenoxy) is 1. The monoisotopic (exact) mass is 304 g/mol. The second-order valence-electron chi connectivity index (χ2n) is 6.73. The molecule has 1 heterocycles. The van der Waals surface area contributed by atoms with Crippen LogP contribution in [0.5, 0.6) is 0 Å². The number of aryl methyl sites for hydroxylation is 1. The maximum Gasteiger partial charge on any atom is 0.408 e.